The van der Waals surface area contributed by atoms with E-state index in [0.29, 0.717) is 18.7 Å². The van der Waals surface area contributed by atoms with Gasteiger partial charge >= 0.3 is 0 Å². The fraction of sp³-hybridized carbons (Fsp3) is 0.417. The summed E-state index contributed by atoms with van der Waals surface area (Å²) in [7, 11) is 0. The maximum atomic E-state index is 12.1. The van der Waals surface area contributed by atoms with Crippen LogP contribution in [0, 0.1) is 6.92 Å². The molecule has 0 unspecified atom stereocenters. The first-order valence-electron chi connectivity index (χ1n) is 5.48. The van der Waals surface area contributed by atoms with E-state index in [1.807, 2.05) is 6.92 Å². The zero-order chi connectivity index (χ0) is 11.5. The number of hydrogen-bond acceptors (Lipinski definition) is 3. The maximum absolute atomic E-state index is 12.1. The van der Waals surface area contributed by atoms with E-state index in [1.165, 1.54) is 0 Å². The van der Waals surface area contributed by atoms with Gasteiger partial charge in [0, 0.05) is 26.2 Å². The lowest BCUT2D eigenvalue weighted by Crippen LogP contribution is -2.46. The molecule has 16 heavy (non-hydrogen) atoms. The summed E-state index contributed by atoms with van der Waals surface area (Å²) in [5.41, 5.74) is 1.39. The minimum absolute atomic E-state index is 0.0640. The SMILES string of the molecule is Cc1ccc(O)c(C(=O)N2CCNCC2)c1. The quantitative estimate of drug-likeness (QED) is 0.734. The Bertz CT molecular complexity index is 398. The highest BCUT2D eigenvalue weighted by molar-refractivity contribution is 5.97. The third kappa shape index (κ3) is 2.17. The molecule has 0 saturated carbocycles. The van der Waals surface area contributed by atoms with E-state index in [4.69, 9.17) is 0 Å². The van der Waals surface area contributed by atoms with Crippen molar-refractivity contribution < 1.29 is 9.90 Å². The minimum atomic E-state index is -0.0808. The largest absolute Gasteiger partial charge is 0.507 e. The maximum Gasteiger partial charge on any atom is 0.257 e. The summed E-state index contributed by atoms with van der Waals surface area (Å²) in [6.45, 7) is 4.95. The predicted molar refractivity (Wildman–Crippen MR) is 61.6 cm³/mol. The van der Waals surface area contributed by atoms with E-state index in [1.54, 1.807) is 23.1 Å². The van der Waals surface area contributed by atoms with Gasteiger partial charge in [-0.1, -0.05) is 11.6 Å². The summed E-state index contributed by atoms with van der Waals surface area (Å²) in [4.78, 5) is 13.9. The number of phenolic OH excluding ortho intramolecular Hbond substituents is 1. The molecule has 1 aromatic carbocycles. The van der Waals surface area contributed by atoms with Crippen LogP contribution in [-0.2, 0) is 0 Å². The topological polar surface area (TPSA) is 52.6 Å². The highest BCUT2D eigenvalue weighted by Crippen LogP contribution is 2.20. The minimum Gasteiger partial charge on any atom is -0.507 e. The normalized spacial score (nSPS) is 16.2. The van der Waals surface area contributed by atoms with Crippen LogP contribution in [0.1, 0.15) is 15.9 Å². The third-order valence-corrected chi connectivity index (χ3v) is 2.79. The summed E-state index contributed by atoms with van der Waals surface area (Å²) >= 11 is 0. The van der Waals surface area contributed by atoms with Gasteiger partial charge in [0.1, 0.15) is 5.75 Å². The zero-order valence-electron chi connectivity index (χ0n) is 9.36. The van der Waals surface area contributed by atoms with Crippen LogP contribution in [0.4, 0.5) is 0 Å². The summed E-state index contributed by atoms with van der Waals surface area (Å²) in [5, 5.41) is 12.9. The van der Waals surface area contributed by atoms with Gasteiger partial charge in [-0.05, 0) is 19.1 Å². The van der Waals surface area contributed by atoms with Crippen LogP contribution in [0.3, 0.4) is 0 Å². The molecule has 4 heteroatoms. The van der Waals surface area contributed by atoms with Crippen LogP contribution in [0.5, 0.6) is 5.75 Å². The monoisotopic (exact) mass is 220 g/mol. The Balaban J connectivity index is 2.22. The van der Waals surface area contributed by atoms with Crippen molar-refractivity contribution >= 4 is 5.91 Å². The number of aromatic hydroxyl groups is 1. The van der Waals surface area contributed by atoms with Gasteiger partial charge in [-0.3, -0.25) is 4.79 Å². The Labute approximate surface area is 94.9 Å². The number of hydrogen-bond donors (Lipinski definition) is 2. The molecular weight excluding hydrogens is 204 g/mol. The van der Waals surface area contributed by atoms with Gasteiger partial charge < -0.3 is 15.3 Å². The molecule has 1 aliphatic rings. The van der Waals surface area contributed by atoms with Crippen LogP contribution >= 0.6 is 0 Å². The lowest BCUT2D eigenvalue weighted by atomic mass is 10.1. The number of nitrogens with one attached hydrogen (secondary N) is 1. The molecule has 1 heterocycles. The fourth-order valence-electron chi connectivity index (χ4n) is 1.86. The van der Waals surface area contributed by atoms with E-state index in [9.17, 15) is 9.90 Å². The van der Waals surface area contributed by atoms with Gasteiger partial charge in [-0.15, -0.1) is 0 Å². The molecule has 1 fully saturated rings. The van der Waals surface area contributed by atoms with Crippen LogP contribution in [0.15, 0.2) is 18.2 Å². The van der Waals surface area contributed by atoms with Crippen molar-refractivity contribution in [3.05, 3.63) is 29.3 Å². The van der Waals surface area contributed by atoms with Gasteiger partial charge in [0.25, 0.3) is 5.91 Å². The van der Waals surface area contributed by atoms with Crippen LogP contribution in [0.25, 0.3) is 0 Å². The smallest absolute Gasteiger partial charge is 0.257 e. The fourth-order valence-corrected chi connectivity index (χ4v) is 1.86. The van der Waals surface area contributed by atoms with Crippen LogP contribution < -0.4 is 5.32 Å². The molecule has 4 nitrogen and oxygen atoms in total. The molecule has 0 aromatic heterocycles. The van der Waals surface area contributed by atoms with Gasteiger partial charge in [-0.2, -0.15) is 0 Å². The van der Waals surface area contributed by atoms with Crippen molar-refractivity contribution in [2.24, 2.45) is 0 Å². The highest BCUT2D eigenvalue weighted by Gasteiger charge is 2.20. The number of carbonyl (C=O) groups excluding carboxylic acids is 1. The lowest BCUT2D eigenvalue weighted by Gasteiger charge is -2.27. The van der Waals surface area contributed by atoms with Crippen LogP contribution in [-0.4, -0.2) is 42.1 Å². The Morgan fingerprint density at radius 2 is 2.06 bits per heavy atom. The van der Waals surface area contributed by atoms with Crippen LogP contribution in [0.2, 0.25) is 0 Å². The van der Waals surface area contributed by atoms with Gasteiger partial charge in [-0.25, -0.2) is 0 Å². The molecule has 1 aromatic rings. The molecule has 2 rings (SSSR count). The second-order valence-corrected chi connectivity index (χ2v) is 4.06. The summed E-state index contributed by atoms with van der Waals surface area (Å²) in [6.07, 6.45) is 0. The summed E-state index contributed by atoms with van der Waals surface area (Å²) in [5.74, 6) is -0.0168. The van der Waals surface area contributed by atoms with Gasteiger partial charge in [0.15, 0.2) is 0 Å². The third-order valence-electron chi connectivity index (χ3n) is 2.79. The molecule has 1 saturated heterocycles. The zero-order valence-corrected chi connectivity index (χ0v) is 9.36. The molecule has 0 radical (unpaired) electrons. The number of carbonyl (C=O) groups is 1. The Morgan fingerprint density at radius 3 is 2.75 bits per heavy atom. The standard InChI is InChI=1S/C12H16N2O2/c1-9-2-3-11(15)10(8-9)12(16)14-6-4-13-5-7-14/h2-3,8,13,15H,4-7H2,1H3. The van der Waals surface area contributed by atoms with Crippen molar-refractivity contribution in [3.63, 3.8) is 0 Å². The molecule has 0 bridgehead atoms. The highest BCUT2D eigenvalue weighted by atomic mass is 16.3. The molecule has 1 aliphatic heterocycles. The number of piperazine rings is 1. The van der Waals surface area contributed by atoms with E-state index >= 15 is 0 Å². The number of benzene rings is 1. The number of rotatable bonds is 1. The van der Waals surface area contributed by atoms with Crippen molar-refractivity contribution in [1.29, 1.82) is 0 Å². The lowest BCUT2D eigenvalue weighted by molar-refractivity contribution is 0.0732. The molecule has 2 N–H and O–H groups in total. The second-order valence-electron chi connectivity index (χ2n) is 4.06. The number of nitrogens with zero attached hydrogens (tertiary/aromatic N) is 1. The first-order valence-corrected chi connectivity index (χ1v) is 5.48. The summed E-state index contributed by atoms with van der Waals surface area (Å²) in [6, 6.07) is 5.11. The predicted octanol–water partition coefficient (Wildman–Crippen LogP) is 0.746. The average molecular weight is 220 g/mol. The van der Waals surface area contributed by atoms with E-state index in [-0.39, 0.29) is 11.7 Å². The van der Waals surface area contributed by atoms with Crippen molar-refractivity contribution in [3.8, 4) is 5.75 Å². The first kappa shape index (κ1) is 11.0. The van der Waals surface area contributed by atoms with Gasteiger partial charge in [0.2, 0.25) is 0 Å². The number of amides is 1. The molecule has 0 spiro atoms. The molecule has 0 aliphatic carbocycles. The average Bonchev–Trinajstić information content (AvgIpc) is 2.32. The molecular formula is C12H16N2O2. The first-order chi connectivity index (χ1) is 7.68. The Kier molecular flexibility index (Phi) is 3.10. The summed E-state index contributed by atoms with van der Waals surface area (Å²) < 4.78 is 0. The van der Waals surface area contributed by atoms with Crippen molar-refractivity contribution in [2.75, 3.05) is 26.2 Å². The van der Waals surface area contributed by atoms with Crippen molar-refractivity contribution in [2.45, 2.75) is 6.92 Å². The van der Waals surface area contributed by atoms with E-state index < -0.39 is 0 Å². The Morgan fingerprint density at radius 1 is 1.38 bits per heavy atom. The second kappa shape index (κ2) is 4.53. The Hall–Kier alpha value is -1.55. The van der Waals surface area contributed by atoms with E-state index in [0.717, 1.165) is 18.7 Å². The van der Waals surface area contributed by atoms with Crippen molar-refractivity contribution in [1.82, 2.24) is 10.2 Å². The van der Waals surface area contributed by atoms with Gasteiger partial charge in [0.05, 0.1) is 5.56 Å². The molecule has 0 atom stereocenters. The number of phenols is 1. The van der Waals surface area contributed by atoms with E-state index in [2.05, 4.69) is 5.32 Å². The molecule has 1 amide bonds. The molecule has 86 valence electrons. The number of aryl methyl sites for hydroxylation is 1.